The summed E-state index contributed by atoms with van der Waals surface area (Å²) in [7, 11) is 1.58. The van der Waals surface area contributed by atoms with Crippen molar-refractivity contribution in [1.29, 1.82) is 0 Å². The van der Waals surface area contributed by atoms with Gasteiger partial charge in [-0.1, -0.05) is 17.3 Å². The summed E-state index contributed by atoms with van der Waals surface area (Å²) in [5.74, 6) is 0.111. The van der Waals surface area contributed by atoms with Crippen molar-refractivity contribution in [2.24, 2.45) is 5.16 Å². The fourth-order valence-electron chi connectivity index (χ4n) is 2.23. The summed E-state index contributed by atoms with van der Waals surface area (Å²) in [6.45, 7) is 0. The third-order valence-corrected chi connectivity index (χ3v) is 3.50. The molecule has 0 radical (unpaired) electrons. The third-order valence-electron chi connectivity index (χ3n) is 3.50. The molecule has 3 rings (SSSR count). The van der Waals surface area contributed by atoms with Gasteiger partial charge in [0, 0.05) is 12.1 Å². The van der Waals surface area contributed by atoms with Crippen LogP contribution in [0.25, 0.3) is 0 Å². The molecule has 0 aliphatic carbocycles. The molecule has 23 heavy (non-hydrogen) atoms. The van der Waals surface area contributed by atoms with Gasteiger partial charge in [0.05, 0.1) is 12.8 Å². The molecule has 0 bridgehead atoms. The van der Waals surface area contributed by atoms with E-state index >= 15 is 0 Å². The van der Waals surface area contributed by atoms with E-state index in [9.17, 15) is 9.18 Å². The summed E-state index contributed by atoms with van der Waals surface area (Å²) < 4.78 is 18.0. The maximum absolute atomic E-state index is 12.9. The number of halogens is 1. The van der Waals surface area contributed by atoms with Crippen molar-refractivity contribution in [2.45, 2.75) is 12.5 Å². The Morgan fingerprint density at radius 3 is 2.57 bits per heavy atom. The predicted molar refractivity (Wildman–Crippen MR) is 84.1 cm³/mol. The van der Waals surface area contributed by atoms with Gasteiger partial charge in [-0.25, -0.2) is 4.39 Å². The monoisotopic (exact) mass is 314 g/mol. The first-order valence-electron chi connectivity index (χ1n) is 7.09. The van der Waals surface area contributed by atoms with Crippen molar-refractivity contribution < 1.29 is 18.8 Å². The molecule has 2 aromatic carbocycles. The highest BCUT2D eigenvalue weighted by Gasteiger charge is 2.28. The van der Waals surface area contributed by atoms with E-state index in [4.69, 9.17) is 9.57 Å². The number of hydrogen-bond donors (Lipinski definition) is 1. The van der Waals surface area contributed by atoms with E-state index in [-0.39, 0.29) is 11.7 Å². The minimum atomic E-state index is -0.697. The second-order valence-corrected chi connectivity index (χ2v) is 5.06. The van der Waals surface area contributed by atoms with Gasteiger partial charge in [0.2, 0.25) is 6.10 Å². The lowest BCUT2D eigenvalue weighted by atomic mass is 10.0. The van der Waals surface area contributed by atoms with Crippen LogP contribution in [0.15, 0.2) is 53.7 Å². The molecule has 6 heteroatoms. The molecular weight excluding hydrogens is 299 g/mol. The molecule has 1 atom stereocenters. The Hall–Kier alpha value is -2.89. The lowest BCUT2D eigenvalue weighted by Gasteiger charge is -2.10. The maximum atomic E-state index is 12.9. The van der Waals surface area contributed by atoms with Crippen molar-refractivity contribution in [1.82, 2.24) is 0 Å². The lowest BCUT2D eigenvalue weighted by Crippen LogP contribution is -2.28. The summed E-state index contributed by atoms with van der Waals surface area (Å²) in [5.41, 5.74) is 2.01. The highest BCUT2D eigenvalue weighted by atomic mass is 19.1. The number of nitrogens with one attached hydrogen (secondary N) is 1. The molecule has 1 amide bonds. The molecule has 0 saturated carbocycles. The molecule has 0 unspecified atom stereocenters. The average Bonchev–Trinajstić information content (AvgIpc) is 3.06. The second kappa shape index (κ2) is 6.48. The van der Waals surface area contributed by atoms with Crippen LogP contribution in [0.5, 0.6) is 5.75 Å². The van der Waals surface area contributed by atoms with Crippen LogP contribution in [-0.4, -0.2) is 24.8 Å². The molecule has 2 aromatic rings. The molecule has 0 saturated heterocycles. The van der Waals surface area contributed by atoms with E-state index in [1.165, 1.54) is 12.1 Å². The minimum Gasteiger partial charge on any atom is -0.497 e. The molecule has 118 valence electrons. The van der Waals surface area contributed by atoms with Gasteiger partial charge in [-0.2, -0.15) is 0 Å². The zero-order chi connectivity index (χ0) is 16.2. The number of oxime groups is 1. The van der Waals surface area contributed by atoms with Gasteiger partial charge in [-0.05, 0) is 42.0 Å². The van der Waals surface area contributed by atoms with Crippen molar-refractivity contribution in [3.8, 4) is 5.75 Å². The summed E-state index contributed by atoms with van der Waals surface area (Å²) in [5, 5.41) is 6.68. The van der Waals surface area contributed by atoms with Crippen LogP contribution in [0.4, 0.5) is 10.1 Å². The van der Waals surface area contributed by atoms with E-state index in [1.807, 2.05) is 0 Å². The zero-order valence-corrected chi connectivity index (χ0v) is 12.5. The Kier molecular flexibility index (Phi) is 4.23. The van der Waals surface area contributed by atoms with Gasteiger partial charge in [-0.3, -0.25) is 4.79 Å². The van der Waals surface area contributed by atoms with Crippen molar-refractivity contribution in [3.63, 3.8) is 0 Å². The molecule has 5 nitrogen and oxygen atoms in total. The second-order valence-electron chi connectivity index (χ2n) is 5.06. The van der Waals surface area contributed by atoms with E-state index in [0.29, 0.717) is 23.6 Å². The number of anilines is 1. The number of hydrogen-bond acceptors (Lipinski definition) is 4. The molecule has 1 aliphatic rings. The fourth-order valence-corrected chi connectivity index (χ4v) is 2.23. The van der Waals surface area contributed by atoms with Crippen molar-refractivity contribution in [2.75, 3.05) is 12.4 Å². The number of carbonyl (C=O) groups is 1. The van der Waals surface area contributed by atoms with E-state index in [2.05, 4.69) is 10.5 Å². The molecule has 0 spiro atoms. The van der Waals surface area contributed by atoms with Gasteiger partial charge < -0.3 is 14.9 Å². The van der Waals surface area contributed by atoms with Crippen LogP contribution < -0.4 is 10.1 Å². The normalized spacial score (nSPS) is 16.4. The number of ether oxygens (including phenoxy) is 1. The van der Waals surface area contributed by atoms with Crippen LogP contribution in [0, 0.1) is 5.82 Å². The highest BCUT2D eigenvalue weighted by Crippen LogP contribution is 2.20. The predicted octanol–water partition coefficient (Wildman–Crippen LogP) is 2.97. The average molecular weight is 314 g/mol. The number of rotatable bonds is 4. The molecule has 1 heterocycles. The van der Waals surface area contributed by atoms with Gasteiger partial charge >= 0.3 is 0 Å². The molecule has 1 N–H and O–H groups in total. The smallest absolute Gasteiger partial charge is 0.268 e. The lowest BCUT2D eigenvalue weighted by molar-refractivity contribution is -0.125. The molecule has 1 aliphatic heterocycles. The van der Waals surface area contributed by atoms with E-state index in [0.717, 1.165) is 5.56 Å². The summed E-state index contributed by atoms with van der Waals surface area (Å²) in [4.78, 5) is 17.4. The van der Waals surface area contributed by atoms with Crippen molar-refractivity contribution in [3.05, 3.63) is 59.9 Å². The van der Waals surface area contributed by atoms with Crippen LogP contribution in [0.3, 0.4) is 0 Å². The topological polar surface area (TPSA) is 59.9 Å². The van der Waals surface area contributed by atoms with E-state index in [1.54, 1.807) is 43.5 Å². The Morgan fingerprint density at radius 2 is 1.91 bits per heavy atom. The van der Waals surface area contributed by atoms with Gasteiger partial charge in [0.25, 0.3) is 5.91 Å². The number of benzene rings is 2. The number of carbonyl (C=O) groups excluding carboxylic acids is 1. The first-order chi connectivity index (χ1) is 11.2. The standard InChI is InChI=1S/C17H15FN2O3/c1-22-14-8-6-13(7-9-14)19-17(21)16-10-15(20-23-16)11-2-4-12(18)5-3-11/h2-9,16H,10H2,1H3,(H,19,21)/t16-/m1/s1. The van der Waals surface area contributed by atoms with Crippen molar-refractivity contribution >= 4 is 17.3 Å². The third kappa shape index (κ3) is 3.48. The van der Waals surface area contributed by atoms with Crippen LogP contribution in [-0.2, 0) is 9.63 Å². The Balaban J connectivity index is 1.60. The minimum absolute atomic E-state index is 0.281. The van der Waals surface area contributed by atoms with Crippen LogP contribution in [0.2, 0.25) is 0 Å². The van der Waals surface area contributed by atoms with Gasteiger partial charge in [0.1, 0.15) is 11.6 Å². The SMILES string of the molecule is COc1ccc(NC(=O)[C@H]2CC(c3ccc(F)cc3)=NO2)cc1. The van der Waals surface area contributed by atoms with Gasteiger partial charge in [-0.15, -0.1) is 0 Å². The molecular formula is C17H15FN2O3. The largest absolute Gasteiger partial charge is 0.497 e. The Bertz CT molecular complexity index is 727. The first kappa shape index (κ1) is 15.0. The van der Waals surface area contributed by atoms with Crippen LogP contribution >= 0.6 is 0 Å². The summed E-state index contributed by atoms with van der Waals surface area (Å²) >= 11 is 0. The quantitative estimate of drug-likeness (QED) is 0.944. The highest BCUT2D eigenvalue weighted by molar-refractivity contribution is 6.06. The number of methoxy groups -OCH3 is 1. The Morgan fingerprint density at radius 1 is 1.22 bits per heavy atom. The van der Waals surface area contributed by atoms with E-state index < -0.39 is 6.10 Å². The van der Waals surface area contributed by atoms with Gasteiger partial charge in [0.15, 0.2) is 0 Å². The molecule has 0 fully saturated rings. The zero-order valence-electron chi connectivity index (χ0n) is 12.5. The number of nitrogens with zero attached hydrogens (tertiary/aromatic N) is 1. The number of amides is 1. The fraction of sp³-hybridized carbons (Fsp3) is 0.176. The molecule has 0 aromatic heterocycles. The first-order valence-corrected chi connectivity index (χ1v) is 7.09. The summed E-state index contributed by atoms with van der Waals surface area (Å²) in [6.07, 6.45) is -0.356. The maximum Gasteiger partial charge on any atom is 0.268 e. The van der Waals surface area contributed by atoms with Crippen LogP contribution in [0.1, 0.15) is 12.0 Å². The Labute approximate surface area is 132 Å². The summed E-state index contributed by atoms with van der Waals surface area (Å²) in [6, 6.07) is 12.9.